The number of hydrogen-bond donors (Lipinski definition) is 0. The van der Waals surface area contributed by atoms with E-state index in [9.17, 15) is 4.79 Å². The van der Waals surface area contributed by atoms with Crippen LogP contribution < -0.4 is 4.90 Å². The quantitative estimate of drug-likeness (QED) is 0.710. The minimum Gasteiger partial charge on any atom is -0.451 e. The molecule has 140 valence electrons. The molecule has 1 amide bonds. The lowest BCUT2D eigenvalue weighted by molar-refractivity contribution is 0.0716. The molecule has 2 aromatic heterocycles. The number of rotatable bonds is 4. The molecular formula is C21H24N4O2. The Balaban J connectivity index is 1.51. The van der Waals surface area contributed by atoms with Gasteiger partial charge in [-0.3, -0.25) is 9.78 Å². The molecular weight excluding hydrogens is 340 g/mol. The van der Waals surface area contributed by atoms with Crippen LogP contribution in [0.4, 0.5) is 5.82 Å². The molecule has 1 aliphatic heterocycles. The number of carbonyl (C=O) groups is 1. The first-order chi connectivity index (χ1) is 13.2. The Morgan fingerprint density at radius 2 is 2.00 bits per heavy atom. The second-order valence-corrected chi connectivity index (χ2v) is 6.98. The first-order valence-electron chi connectivity index (χ1n) is 9.49. The highest BCUT2D eigenvalue weighted by molar-refractivity contribution is 5.99. The number of nitrogens with zero attached hydrogens (tertiary/aromatic N) is 4. The van der Waals surface area contributed by atoms with E-state index in [1.807, 2.05) is 17.9 Å². The molecule has 0 atom stereocenters. The number of carbonyl (C=O) groups excluding carboxylic acids is 1. The average molecular weight is 364 g/mol. The fraction of sp³-hybridized carbons (Fsp3) is 0.381. The van der Waals surface area contributed by atoms with Crippen LogP contribution in [0, 0.1) is 6.92 Å². The van der Waals surface area contributed by atoms with Gasteiger partial charge in [-0.05, 0) is 31.0 Å². The molecule has 1 aliphatic rings. The summed E-state index contributed by atoms with van der Waals surface area (Å²) >= 11 is 0. The van der Waals surface area contributed by atoms with Gasteiger partial charge in [0.1, 0.15) is 11.4 Å². The molecule has 1 fully saturated rings. The van der Waals surface area contributed by atoms with Crippen molar-refractivity contribution < 1.29 is 9.21 Å². The topological polar surface area (TPSA) is 62.5 Å². The average Bonchev–Trinajstić information content (AvgIpc) is 3.05. The molecule has 0 radical (unpaired) electrons. The molecule has 1 saturated heterocycles. The molecule has 0 bridgehead atoms. The van der Waals surface area contributed by atoms with E-state index in [0.29, 0.717) is 18.8 Å². The third-order valence-electron chi connectivity index (χ3n) is 5.17. The van der Waals surface area contributed by atoms with Crippen molar-refractivity contribution in [3.8, 4) is 0 Å². The van der Waals surface area contributed by atoms with Crippen LogP contribution in [-0.2, 0) is 6.42 Å². The van der Waals surface area contributed by atoms with Crippen LogP contribution in [0.5, 0.6) is 0 Å². The van der Waals surface area contributed by atoms with Gasteiger partial charge in [0, 0.05) is 49.5 Å². The summed E-state index contributed by atoms with van der Waals surface area (Å²) in [6.45, 7) is 6.92. The van der Waals surface area contributed by atoms with Crippen LogP contribution in [0.25, 0.3) is 11.0 Å². The van der Waals surface area contributed by atoms with Gasteiger partial charge in [-0.25, -0.2) is 4.98 Å². The summed E-state index contributed by atoms with van der Waals surface area (Å²) in [6, 6.07) is 6.22. The molecule has 0 saturated carbocycles. The minimum atomic E-state index is -0.0282. The lowest BCUT2D eigenvalue weighted by Gasteiger charge is -2.34. The maximum absolute atomic E-state index is 13.0. The van der Waals surface area contributed by atoms with Crippen molar-refractivity contribution in [1.82, 2.24) is 14.9 Å². The van der Waals surface area contributed by atoms with Crippen LogP contribution in [0.1, 0.15) is 35.0 Å². The van der Waals surface area contributed by atoms with Gasteiger partial charge < -0.3 is 14.2 Å². The van der Waals surface area contributed by atoms with Crippen LogP contribution >= 0.6 is 0 Å². The normalized spacial score (nSPS) is 14.7. The highest BCUT2D eigenvalue weighted by atomic mass is 16.3. The number of benzene rings is 1. The van der Waals surface area contributed by atoms with Crippen molar-refractivity contribution in [2.24, 2.45) is 0 Å². The minimum absolute atomic E-state index is 0.0282. The van der Waals surface area contributed by atoms with Gasteiger partial charge in [-0.15, -0.1) is 0 Å². The van der Waals surface area contributed by atoms with E-state index < -0.39 is 0 Å². The number of amides is 1. The van der Waals surface area contributed by atoms with Gasteiger partial charge in [0.2, 0.25) is 0 Å². The fourth-order valence-corrected chi connectivity index (χ4v) is 3.65. The van der Waals surface area contributed by atoms with Crippen molar-refractivity contribution in [1.29, 1.82) is 0 Å². The smallest absolute Gasteiger partial charge is 0.290 e. The zero-order valence-corrected chi connectivity index (χ0v) is 15.8. The lowest BCUT2D eigenvalue weighted by Crippen LogP contribution is -2.49. The van der Waals surface area contributed by atoms with E-state index in [1.165, 1.54) is 5.56 Å². The number of furan rings is 1. The zero-order chi connectivity index (χ0) is 18.8. The summed E-state index contributed by atoms with van der Waals surface area (Å²) in [5, 5.41) is 1.04. The highest BCUT2D eigenvalue weighted by Crippen LogP contribution is 2.28. The van der Waals surface area contributed by atoms with Gasteiger partial charge in [0.25, 0.3) is 5.91 Å². The summed E-state index contributed by atoms with van der Waals surface area (Å²) in [4.78, 5) is 25.5. The van der Waals surface area contributed by atoms with Gasteiger partial charge in [0.05, 0.1) is 6.20 Å². The second-order valence-electron chi connectivity index (χ2n) is 6.98. The molecule has 3 aromatic rings. The number of fused-ring (bicyclic) bond motifs is 1. The summed E-state index contributed by atoms with van der Waals surface area (Å²) in [6.07, 6.45) is 7.25. The number of anilines is 1. The summed E-state index contributed by atoms with van der Waals surface area (Å²) in [5.74, 6) is 1.29. The van der Waals surface area contributed by atoms with Crippen molar-refractivity contribution in [2.75, 3.05) is 31.1 Å². The Hall–Kier alpha value is -2.89. The Morgan fingerprint density at radius 1 is 1.19 bits per heavy atom. The van der Waals surface area contributed by atoms with Crippen LogP contribution in [-0.4, -0.2) is 47.0 Å². The van der Waals surface area contributed by atoms with Gasteiger partial charge >= 0.3 is 0 Å². The van der Waals surface area contributed by atoms with Crippen molar-refractivity contribution in [2.45, 2.75) is 26.7 Å². The van der Waals surface area contributed by atoms with Crippen molar-refractivity contribution in [3.05, 3.63) is 53.7 Å². The molecule has 1 aromatic carbocycles. The van der Waals surface area contributed by atoms with E-state index in [0.717, 1.165) is 48.3 Å². The van der Waals surface area contributed by atoms with Crippen molar-refractivity contribution in [3.63, 3.8) is 0 Å². The molecule has 6 nitrogen and oxygen atoms in total. The molecule has 0 spiro atoms. The second kappa shape index (κ2) is 7.39. The highest BCUT2D eigenvalue weighted by Gasteiger charge is 2.27. The third-order valence-corrected chi connectivity index (χ3v) is 5.17. The number of aromatic nitrogens is 2. The molecule has 6 heteroatoms. The molecule has 4 rings (SSSR count). The molecule has 0 aliphatic carbocycles. The number of hydrogen-bond acceptors (Lipinski definition) is 5. The number of aryl methyl sites for hydroxylation is 2. The molecule has 27 heavy (non-hydrogen) atoms. The largest absolute Gasteiger partial charge is 0.451 e. The Bertz CT molecular complexity index is 943. The van der Waals surface area contributed by atoms with Crippen LogP contribution in [0.3, 0.4) is 0 Å². The zero-order valence-electron chi connectivity index (χ0n) is 15.8. The number of piperazine rings is 1. The first-order valence-corrected chi connectivity index (χ1v) is 9.49. The maximum atomic E-state index is 13.0. The summed E-state index contributed by atoms with van der Waals surface area (Å²) in [7, 11) is 0. The summed E-state index contributed by atoms with van der Waals surface area (Å²) in [5.41, 5.74) is 3.00. The van der Waals surface area contributed by atoms with E-state index >= 15 is 0 Å². The van der Waals surface area contributed by atoms with Gasteiger partial charge in [-0.2, -0.15) is 0 Å². The van der Waals surface area contributed by atoms with Gasteiger partial charge in [0.15, 0.2) is 5.76 Å². The Kier molecular flexibility index (Phi) is 4.79. The van der Waals surface area contributed by atoms with E-state index in [-0.39, 0.29) is 5.91 Å². The van der Waals surface area contributed by atoms with Gasteiger partial charge in [-0.1, -0.05) is 19.4 Å². The maximum Gasteiger partial charge on any atom is 0.290 e. The van der Waals surface area contributed by atoms with E-state index in [4.69, 9.17) is 4.42 Å². The fourth-order valence-electron chi connectivity index (χ4n) is 3.65. The van der Waals surface area contributed by atoms with E-state index in [1.54, 1.807) is 18.6 Å². The Morgan fingerprint density at radius 3 is 2.70 bits per heavy atom. The molecule has 0 N–H and O–H groups in total. The molecule has 3 heterocycles. The summed E-state index contributed by atoms with van der Waals surface area (Å²) < 4.78 is 5.93. The lowest BCUT2D eigenvalue weighted by atomic mass is 10.1. The predicted molar refractivity (Wildman–Crippen MR) is 105 cm³/mol. The third kappa shape index (κ3) is 3.39. The SMILES string of the molecule is CCCc1ccc2oc(C(=O)N3CCN(c4cnccn4)CC3)c(C)c2c1. The predicted octanol–water partition coefficient (Wildman–Crippen LogP) is 3.45. The van der Waals surface area contributed by atoms with E-state index in [2.05, 4.69) is 33.9 Å². The van der Waals surface area contributed by atoms with Crippen molar-refractivity contribution >= 4 is 22.7 Å². The first kappa shape index (κ1) is 17.5. The van der Waals surface area contributed by atoms with Crippen LogP contribution in [0.15, 0.2) is 41.2 Å². The standard InChI is InChI=1S/C21H24N4O2/c1-3-4-16-5-6-18-17(13-16)15(2)20(27-18)21(26)25-11-9-24(10-12-25)19-14-22-7-8-23-19/h5-8,13-14H,3-4,9-12H2,1-2H3. The molecule has 0 unspecified atom stereocenters. The van der Waals surface area contributed by atoms with Crippen LogP contribution in [0.2, 0.25) is 0 Å². The monoisotopic (exact) mass is 364 g/mol. The Labute approximate surface area is 158 Å².